The highest BCUT2D eigenvalue weighted by Crippen LogP contribution is 2.27. The molecule has 0 unspecified atom stereocenters. The van der Waals surface area contributed by atoms with Crippen LogP contribution in [-0.2, 0) is 11.2 Å². The molecular formula is C24H27N3O3. The molecule has 0 radical (unpaired) electrons. The van der Waals surface area contributed by atoms with Crippen molar-refractivity contribution < 1.29 is 14.3 Å². The van der Waals surface area contributed by atoms with Crippen LogP contribution < -0.4 is 14.9 Å². The molecule has 1 amide bonds. The Labute approximate surface area is 177 Å². The van der Waals surface area contributed by atoms with E-state index in [1.165, 1.54) is 5.56 Å². The fraction of sp³-hybridized carbons (Fsp3) is 0.250. The Hall–Kier alpha value is -3.54. The second-order valence-corrected chi connectivity index (χ2v) is 7.16. The van der Waals surface area contributed by atoms with E-state index in [0.29, 0.717) is 11.5 Å². The number of rotatable bonds is 7. The Kier molecular flexibility index (Phi) is 6.57. The van der Waals surface area contributed by atoms with Crippen LogP contribution in [0.1, 0.15) is 28.1 Å². The predicted octanol–water partition coefficient (Wildman–Crippen LogP) is 4.11. The number of carbonyl (C=O) groups is 1. The van der Waals surface area contributed by atoms with E-state index in [9.17, 15) is 4.79 Å². The highest BCUT2D eigenvalue weighted by molar-refractivity contribution is 5.85. The summed E-state index contributed by atoms with van der Waals surface area (Å²) >= 11 is 0. The molecule has 1 N–H and O–H groups in total. The fourth-order valence-electron chi connectivity index (χ4n) is 3.40. The van der Waals surface area contributed by atoms with Gasteiger partial charge in [0.15, 0.2) is 11.5 Å². The molecule has 0 aliphatic rings. The second kappa shape index (κ2) is 9.31. The third-order valence-electron chi connectivity index (χ3n) is 4.97. The number of hydrogen-bond acceptors (Lipinski definition) is 4. The lowest BCUT2D eigenvalue weighted by Gasteiger charge is -2.10. The summed E-state index contributed by atoms with van der Waals surface area (Å²) in [6.45, 7) is 6.17. The van der Waals surface area contributed by atoms with Crippen molar-refractivity contribution in [3.8, 4) is 17.2 Å². The van der Waals surface area contributed by atoms with Gasteiger partial charge in [0.1, 0.15) is 0 Å². The van der Waals surface area contributed by atoms with Crippen molar-refractivity contribution >= 4 is 12.1 Å². The molecule has 6 nitrogen and oxygen atoms in total. The molecule has 0 spiro atoms. The van der Waals surface area contributed by atoms with Gasteiger partial charge in [0, 0.05) is 22.6 Å². The largest absolute Gasteiger partial charge is 0.493 e. The van der Waals surface area contributed by atoms with Crippen molar-refractivity contribution in [3.63, 3.8) is 0 Å². The number of methoxy groups -OCH3 is 2. The monoisotopic (exact) mass is 405 g/mol. The molecule has 0 bridgehead atoms. The van der Waals surface area contributed by atoms with Crippen LogP contribution in [0.4, 0.5) is 0 Å². The molecule has 2 aromatic carbocycles. The van der Waals surface area contributed by atoms with Crippen LogP contribution in [0.25, 0.3) is 5.69 Å². The topological polar surface area (TPSA) is 64.8 Å². The minimum Gasteiger partial charge on any atom is -0.493 e. The third-order valence-corrected chi connectivity index (χ3v) is 4.97. The first kappa shape index (κ1) is 21.2. The molecule has 0 saturated heterocycles. The van der Waals surface area contributed by atoms with Gasteiger partial charge in [0.2, 0.25) is 5.91 Å². The van der Waals surface area contributed by atoms with Crippen LogP contribution in [0.2, 0.25) is 0 Å². The average molecular weight is 405 g/mol. The Morgan fingerprint density at radius 2 is 1.70 bits per heavy atom. The lowest BCUT2D eigenvalue weighted by atomic mass is 10.1. The first-order valence-electron chi connectivity index (χ1n) is 9.71. The number of amides is 1. The number of carbonyl (C=O) groups excluding carboxylic acids is 1. The predicted molar refractivity (Wildman–Crippen MR) is 119 cm³/mol. The van der Waals surface area contributed by atoms with Gasteiger partial charge in [-0.1, -0.05) is 23.8 Å². The van der Waals surface area contributed by atoms with Gasteiger partial charge < -0.3 is 14.0 Å². The van der Waals surface area contributed by atoms with Crippen molar-refractivity contribution in [1.82, 2.24) is 9.99 Å². The number of ether oxygens (including phenoxy) is 2. The van der Waals surface area contributed by atoms with Gasteiger partial charge in [-0.05, 0) is 56.7 Å². The Morgan fingerprint density at radius 1 is 1.00 bits per heavy atom. The van der Waals surface area contributed by atoms with E-state index in [1.807, 2.05) is 13.0 Å². The molecule has 0 atom stereocenters. The maximum absolute atomic E-state index is 12.3. The zero-order valence-electron chi connectivity index (χ0n) is 18.0. The molecule has 3 aromatic rings. The van der Waals surface area contributed by atoms with Gasteiger partial charge in [0.05, 0.1) is 26.9 Å². The lowest BCUT2D eigenvalue weighted by molar-refractivity contribution is -0.120. The van der Waals surface area contributed by atoms with Gasteiger partial charge >= 0.3 is 0 Å². The van der Waals surface area contributed by atoms with Gasteiger partial charge in [-0.15, -0.1) is 0 Å². The van der Waals surface area contributed by atoms with E-state index in [2.05, 4.69) is 59.3 Å². The SMILES string of the molecule is COc1ccc(CC(=O)N/N=C\c2cc(C)n(-c3ccc(C)cc3)c2C)cc1OC. The van der Waals surface area contributed by atoms with Gasteiger partial charge in [0.25, 0.3) is 0 Å². The maximum atomic E-state index is 12.3. The second-order valence-electron chi connectivity index (χ2n) is 7.16. The number of aryl methyl sites for hydroxylation is 2. The molecule has 0 aliphatic carbocycles. The molecule has 30 heavy (non-hydrogen) atoms. The highest BCUT2D eigenvalue weighted by atomic mass is 16.5. The van der Waals surface area contributed by atoms with Crippen LogP contribution in [0.3, 0.4) is 0 Å². The van der Waals surface area contributed by atoms with Gasteiger partial charge in [-0.25, -0.2) is 5.43 Å². The summed E-state index contributed by atoms with van der Waals surface area (Å²) in [6.07, 6.45) is 1.87. The van der Waals surface area contributed by atoms with Crippen molar-refractivity contribution in [2.24, 2.45) is 5.10 Å². The Balaban J connectivity index is 1.67. The van der Waals surface area contributed by atoms with Crippen molar-refractivity contribution in [2.45, 2.75) is 27.2 Å². The minimum absolute atomic E-state index is 0.195. The van der Waals surface area contributed by atoms with Crippen molar-refractivity contribution in [1.29, 1.82) is 0 Å². The molecule has 3 rings (SSSR count). The van der Waals surface area contributed by atoms with Gasteiger partial charge in [-0.3, -0.25) is 4.79 Å². The Bertz CT molecular complexity index is 1070. The number of hydrogen-bond donors (Lipinski definition) is 1. The van der Waals surface area contributed by atoms with Crippen molar-refractivity contribution in [3.05, 3.63) is 76.6 Å². The summed E-state index contributed by atoms with van der Waals surface area (Å²) in [5.41, 5.74) is 8.87. The summed E-state index contributed by atoms with van der Waals surface area (Å²) in [5, 5.41) is 4.14. The van der Waals surface area contributed by atoms with Crippen molar-refractivity contribution in [2.75, 3.05) is 14.2 Å². The molecule has 0 aliphatic heterocycles. The van der Waals surface area contributed by atoms with E-state index >= 15 is 0 Å². The molecular weight excluding hydrogens is 378 g/mol. The zero-order valence-corrected chi connectivity index (χ0v) is 18.0. The van der Waals surface area contributed by atoms with E-state index < -0.39 is 0 Å². The number of nitrogens with zero attached hydrogens (tertiary/aromatic N) is 2. The zero-order chi connectivity index (χ0) is 21.7. The van der Waals surface area contributed by atoms with E-state index in [0.717, 1.165) is 28.2 Å². The summed E-state index contributed by atoms with van der Waals surface area (Å²) in [4.78, 5) is 12.3. The van der Waals surface area contributed by atoms with Crippen LogP contribution in [0, 0.1) is 20.8 Å². The Morgan fingerprint density at radius 3 is 2.37 bits per heavy atom. The normalized spacial score (nSPS) is 11.0. The number of aromatic nitrogens is 1. The third kappa shape index (κ3) is 4.71. The standard InChI is InChI=1S/C24H27N3O3/c1-16-6-9-21(10-7-16)27-17(2)12-20(18(27)3)15-25-26-24(28)14-19-8-11-22(29-4)23(13-19)30-5/h6-13,15H,14H2,1-5H3,(H,26,28)/b25-15-. The molecule has 1 aromatic heterocycles. The quantitative estimate of drug-likeness (QED) is 0.475. The first-order chi connectivity index (χ1) is 14.4. The number of nitrogens with one attached hydrogen (secondary N) is 1. The molecule has 0 saturated carbocycles. The maximum Gasteiger partial charge on any atom is 0.244 e. The smallest absolute Gasteiger partial charge is 0.244 e. The van der Waals surface area contributed by atoms with Crippen LogP contribution in [0.5, 0.6) is 11.5 Å². The average Bonchev–Trinajstić information content (AvgIpc) is 3.02. The summed E-state index contributed by atoms with van der Waals surface area (Å²) in [6, 6.07) is 15.8. The van der Waals surface area contributed by atoms with Gasteiger partial charge in [-0.2, -0.15) is 5.10 Å². The van der Waals surface area contributed by atoms with E-state index in [4.69, 9.17) is 9.47 Å². The van der Waals surface area contributed by atoms with Crippen LogP contribution in [0.15, 0.2) is 53.6 Å². The van der Waals surface area contributed by atoms with E-state index in [-0.39, 0.29) is 12.3 Å². The molecule has 6 heteroatoms. The first-order valence-corrected chi connectivity index (χ1v) is 9.71. The molecule has 156 valence electrons. The lowest BCUT2D eigenvalue weighted by Crippen LogP contribution is -2.19. The fourth-order valence-corrected chi connectivity index (χ4v) is 3.40. The number of hydrazone groups is 1. The highest BCUT2D eigenvalue weighted by Gasteiger charge is 2.10. The summed E-state index contributed by atoms with van der Waals surface area (Å²) in [7, 11) is 3.15. The molecule has 0 fully saturated rings. The van der Waals surface area contributed by atoms with Crippen LogP contribution in [-0.4, -0.2) is 30.9 Å². The van der Waals surface area contributed by atoms with E-state index in [1.54, 1.807) is 32.6 Å². The number of benzene rings is 2. The summed E-state index contributed by atoms with van der Waals surface area (Å²) in [5.74, 6) is 1.02. The van der Waals surface area contributed by atoms with Crippen LogP contribution >= 0.6 is 0 Å². The summed E-state index contributed by atoms with van der Waals surface area (Å²) < 4.78 is 12.7. The minimum atomic E-state index is -0.203. The molecule has 1 heterocycles.